The Morgan fingerprint density at radius 1 is 0.304 bits per heavy atom. The Morgan fingerprint density at radius 3 is 1.38 bits per heavy atom. The average Bonchev–Trinajstić information content (AvgIpc) is 0.844. The Morgan fingerprint density at radius 2 is 0.761 bits per heavy atom. The van der Waals surface area contributed by atoms with Crippen molar-refractivity contribution in [2.45, 2.75) is 26.2 Å². The predicted molar refractivity (Wildman–Crippen MR) is 383 cm³/mol. The van der Waals surface area contributed by atoms with Gasteiger partial charge in [-0.15, -0.1) is 0 Å². The normalized spacial score (nSPS) is 12.4. The largest absolute Gasteiger partial charge is 0.311 e. The van der Waals surface area contributed by atoms with Crippen molar-refractivity contribution in [2.75, 3.05) is 9.80 Å². The lowest BCUT2D eigenvalue weighted by molar-refractivity contribution is 0.591. The first-order valence-corrected chi connectivity index (χ1v) is 31.6. The van der Waals surface area contributed by atoms with Crippen molar-refractivity contribution in [1.29, 1.82) is 0 Å². The van der Waals surface area contributed by atoms with Gasteiger partial charge in [0.1, 0.15) is 0 Å². The molecule has 0 N–H and O–H groups in total. The summed E-state index contributed by atoms with van der Waals surface area (Å²) in [5.41, 5.74) is 26.3. The maximum atomic E-state index is 5.72. The lowest BCUT2D eigenvalue weighted by Gasteiger charge is -2.45. The van der Waals surface area contributed by atoms with E-state index >= 15 is 0 Å². The molecule has 3 aromatic heterocycles. The van der Waals surface area contributed by atoms with Gasteiger partial charge in [-0.25, -0.2) is 19.9 Å². The van der Waals surface area contributed by atoms with Crippen molar-refractivity contribution >= 4 is 79.0 Å². The fourth-order valence-corrected chi connectivity index (χ4v) is 14.0. The number of hydrogen-bond donors (Lipinski definition) is 0. The smallest absolute Gasteiger partial charge is 0.252 e. The van der Waals surface area contributed by atoms with E-state index in [1.54, 1.807) is 0 Å². The van der Waals surface area contributed by atoms with Gasteiger partial charge in [0.25, 0.3) is 6.71 Å². The van der Waals surface area contributed by atoms with Crippen LogP contribution in [0.4, 0.5) is 34.1 Å². The highest BCUT2D eigenvalue weighted by Gasteiger charge is 2.44. The van der Waals surface area contributed by atoms with Crippen LogP contribution in [0.25, 0.3) is 106 Å². The van der Waals surface area contributed by atoms with E-state index in [1.807, 2.05) is 24.3 Å². The van der Waals surface area contributed by atoms with Crippen LogP contribution < -0.4 is 26.2 Å². The summed E-state index contributed by atoms with van der Waals surface area (Å²) in [6.45, 7) is 6.83. The minimum Gasteiger partial charge on any atom is -0.311 e. The molecule has 0 bridgehead atoms. The number of aromatic nitrogens is 5. The van der Waals surface area contributed by atoms with Crippen LogP contribution in [0.2, 0.25) is 0 Å². The monoisotopic (exact) mass is 1180 g/mol. The van der Waals surface area contributed by atoms with E-state index in [0.29, 0.717) is 11.6 Å². The molecular formula is C84H60BN7. The molecule has 0 amide bonds. The molecular weight excluding hydrogens is 1120 g/mol. The predicted octanol–water partition coefficient (Wildman–Crippen LogP) is 19.4. The number of para-hydroxylation sites is 5. The van der Waals surface area contributed by atoms with E-state index in [1.165, 1.54) is 44.1 Å². The second-order valence-corrected chi connectivity index (χ2v) is 25.0. The molecule has 0 saturated heterocycles. The second-order valence-electron chi connectivity index (χ2n) is 25.0. The van der Waals surface area contributed by atoms with Gasteiger partial charge in [-0.3, -0.25) is 0 Å². The maximum Gasteiger partial charge on any atom is 0.252 e. The van der Waals surface area contributed by atoms with Crippen molar-refractivity contribution < 1.29 is 0 Å². The molecule has 0 atom stereocenters. The van der Waals surface area contributed by atoms with Gasteiger partial charge < -0.3 is 14.4 Å². The van der Waals surface area contributed by atoms with Crippen LogP contribution in [0.3, 0.4) is 0 Å². The zero-order valence-corrected chi connectivity index (χ0v) is 51.2. The summed E-state index contributed by atoms with van der Waals surface area (Å²) in [7, 11) is 0. The Balaban J connectivity index is 0.874. The first kappa shape index (κ1) is 54.4. The molecule has 92 heavy (non-hydrogen) atoms. The lowest BCUT2D eigenvalue weighted by atomic mass is 9.33. The van der Waals surface area contributed by atoms with Gasteiger partial charge >= 0.3 is 0 Å². The number of fused-ring (bicyclic) bond motifs is 7. The van der Waals surface area contributed by atoms with Crippen molar-refractivity contribution in [3.05, 3.63) is 315 Å². The van der Waals surface area contributed by atoms with E-state index in [2.05, 4.69) is 320 Å². The van der Waals surface area contributed by atoms with Crippen molar-refractivity contribution in [3.63, 3.8) is 0 Å². The molecule has 2 aliphatic heterocycles. The van der Waals surface area contributed by atoms with Gasteiger partial charge in [-0.05, 0) is 118 Å². The zero-order valence-electron chi connectivity index (χ0n) is 51.2. The van der Waals surface area contributed by atoms with Crippen LogP contribution in [0.5, 0.6) is 0 Å². The minimum absolute atomic E-state index is 0.0165. The standard InChI is InChI=1S/C84H60BN7/c1-84(2,3)61-46-49-75-66(52-61)65-35-19-22-38-74(65)92(75)76-48-45-60(72-53-70(56-25-9-4-10-26-56)86-82(88-72)58-29-13-6-14-30-58)51-67(76)73-54-71(57-27-11-5-12-28-57)87-83(89-73)59-43-41-55(42-44-59)64-47-50-79-80-81(64)91(63-33-17-8-18-34-63)78-40-24-21-37-69(78)85(80)68-36-20-23-39-77(68)90(79)62-31-15-7-16-32-62/h4-54H,1-3H3. The molecule has 0 spiro atoms. The summed E-state index contributed by atoms with van der Waals surface area (Å²) in [6.07, 6.45) is 0. The SMILES string of the molecule is CC(C)(C)c1ccc2c(c1)c1ccccc1n2-c1ccc(-c2cc(-c3ccccc3)nc(-c3ccccc3)n2)cc1-c1cc(-c2ccccc2)nc(-c2ccc(-c3ccc4c5c3N(c3ccccc3)c3ccccc3B5c3ccccc3N4c3ccccc3)cc2)n1. The highest BCUT2D eigenvalue weighted by Crippen LogP contribution is 2.49. The highest BCUT2D eigenvalue weighted by atomic mass is 15.2. The van der Waals surface area contributed by atoms with Gasteiger partial charge in [0, 0.05) is 78.2 Å². The van der Waals surface area contributed by atoms with Gasteiger partial charge in [0.2, 0.25) is 0 Å². The van der Waals surface area contributed by atoms with Gasteiger partial charge in [-0.1, -0.05) is 245 Å². The molecule has 12 aromatic carbocycles. The van der Waals surface area contributed by atoms with Crippen molar-refractivity contribution in [2.24, 2.45) is 0 Å². The lowest BCUT2D eigenvalue weighted by Crippen LogP contribution is -2.61. The molecule has 5 heterocycles. The van der Waals surface area contributed by atoms with Crippen LogP contribution in [0.1, 0.15) is 26.3 Å². The van der Waals surface area contributed by atoms with Gasteiger partial charge in [0.15, 0.2) is 11.6 Å². The van der Waals surface area contributed by atoms with Gasteiger partial charge in [0.05, 0.1) is 45.2 Å². The Labute approximate surface area is 536 Å². The zero-order chi connectivity index (χ0) is 61.4. The first-order chi connectivity index (χ1) is 45.3. The minimum atomic E-state index is -0.0470. The summed E-state index contributed by atoms with van der Waals surface area (Å²) in [5, 5.41) is 2.39. The average molecular weight is 1180 g/mol. The van der Waals surface area contributed by atoms with Crippen LogP contribution in [-0.4, -0.2) is 31.2 Å². The third-order valence-electron chi connectivity index (χ3n) is 18.4. The molecule has 0 aliphatic carbocycles. The van der Waals surface area contributed by atoms with Crippen LogP contribution in [0, 0.1) is 0 Å². The van der Waals surface area contributed by atoms with Crippen molar-refractivity contribution in [1.82, 2.24) is 24.5 Å². The first-order valence-electron chi connectivity index (χ1n) is 31.6. The van der Waals surface area contributed by atoms with E-state index in [9.17, 15) is 0 Å². The topological polar surface area (TPSA) is 63.0 Å². The summed E-state index contributed by atoms with van der Waals surface area (Å²) >= 11 is 0. The molecule has 434 valence electrons. The van der Waals surface area contributed by atoms with Crippen LogP contribution in [-0.2, 0) is 5.41 Å². The molecule has 2 aliphatic rings. The summed E-state index contributed by atoms with van der Waals surface area (Å²) in [6, 6.07) is 111. The fraction of sp³-hybridized carbons (Fsp3) is 0.0476. The number of anilines is 6. The Bertz CT molecular complexity index is 5250. The molecule has 0 radical (unpaired) electrons. The summed E-state index contributed by atoms with van der Waals surface area (Å²) in [4.78, 5) is 26.7. The summed E-state index contributed by atoms with van der Waals surface area (Å²) in [5.74, 6) is 1.27. The number of nitrogens with zero attached hydrogens (tertiary/aromatic N) is 7. The molecule has 17 rings (SSSR count). The molecule has 0 unspecified atom stereocenters. The van der Waals surface area contributed by atoms with E-state index in [0.717, 1.165) is 107 Å². The number of benzene rings is 12. The third kappa shape index (κ3) is 9.29. The van der Waals surface area contributed by atoms with Crippen LogP contribution >= 0.6 is 0 Å². The Kier molecular flexibility index (Phi) is 13.1. The third-order valence-corrected chi connectivity index (χ3v) is 18.4. The van der Waals surface area contributed by atoms with E-state index < -0.39 is 0 Å². The second kappa shape index (κ2) is 22.1. The molecule has 7 nitrogen and oxygen atoms in total. The Hall–Kier alpha value is -11.7. The van der Waals surface area contributed by atoms with Crippen LogP contribution in [0.15, 0.2) is 309 Å². The molecule has 8 heteroatoms. The van der Waals surface area contributed by atoms with E-state index in [-0.39, 0.29) is 12.1 Å². The maximum absolute atomic E-state index is 5.72. The fourth-order valence-electron chi connectivity index (χ4n) is 14.0. The van der Waals surface area contributed by atoms with E-state index in [4.69, 9.17) is 19.9 Å². The molecule has 15 aromatic rings. The summed E-state index contributed by atoms with van der Waals surface area (Å²) < 4.78 is 2.42. The van der Waals surface area contributed by atoms with Gasteiger partial charge in [-0.2, -0.15) is 0 Å². The highest BCUT2D eigenvalue weighted by molar-refractivity contribution is 7.00. The number of rotatable bonds is 10. The van der Waals surface area contributed by atoms with Crippen molar-refractivity contribution in [3.8, 4) is 84.6 Å². The number of hydrogen-bond acceptors (Lipinski definition) is 6. The molecule has 0 fully saturated rings. The molecule has 0 saturated carbocycles. The quantitative estimate of drug-likeness (QED) is 0.127.